The third-order valence-corrected chi connectivity index (χ3v) is 4.83. The zero-order valence-electron chi connectivity index (χ0n) is 12.0. The van der Waals surface area contributed by atoms with E-state index >= 15 is 0 Å². The summed E-state index contributed by atoms with van der Waals surface area (Å²) in [7, 11) is 0. The van der Waals surface area contributed by atoms with E-state index in [1.807, 2.05) is 0 Å². The van der Waals surface area contributed by atoms with E-state index in [-0.39, 0.29) is 0 Å². The van der Waals surface area contributed by atoms with Crippen LogP contribution in [0.25, 0.3) is 0 Å². The molecule has 2 heteroatoms. The third kappa shape index (κ3) is 6.71. The minimum atomic E-state index is 0.788. The van der Waals surface area contributed by atoms with Gasteiger partial charge in [0.25, 0.3) is 0 Å². The second-order valence-electron chi connectivity index (χ2n) is 5.84. The Kier molecular flexibility index (Phi) is 8.38. The zero-order chi connectivity index (χ0) is 12.5. The number of hydrogen-bond acceptors (Lipinski definition) is 2. The summed E-state index contributed by atoms with van der Waals surface area (Å²) >= 11 is 2.10. The maximum absolute atomic E-state index is 3.65. The molecule has 0 spiro atoms. The molecule has 1 fully saturated rings. The molecule has 0 amide bonds. The van der Waals surface area contributed by atoms with Crippen LogP contribution in [-0.2, 0) is 0 Å². The first-order chi connectivity index (χ1) is 8.24. The molecule has 1 rings (SSSR count). The van der Waals surface area contributed by atoms with E-state index in [0.29, 0.717) is 0 Å². The smallest absolute Gasteiger partial charge is 0.00178 e. The van der Waals surface area contributed by atoms with Crippen molar-refractivity contribution in [3.05, 3.63) is 0 Å². The number of thioether (sulfide) groups is 1. The molecular weight excluding hydrogens is 226 g/mol. The molecule has 2 unspecified atom stereocenters. The summed E-state index contributed by atoms with van der Waals surface area (Å²) in [6.07, 6.45) is 7.34. The van der Waals surface area contributed by atoms with Gasteiger partial charge in [-0.15, -0.1) is 0 Å². The predicted octanol–water partition coefficient (Wildman–Crippen LogP) is 4.18. The molecule has 102 valence electrons. The lowest BCUT2D eigenvalue weighted by molar-refractivity contribution is 0.340. The van der Waals surface area contributed by atoms with Gasteiger partial charge in [0.05, 0.1) is 0 Å². The largest absolute Gasteiger partial charge is 0.316 e. The van der Waals surface area contributed by atoms with Gasteiger partial charge < -0.3 is 5.32 Å². The summed E-state index contributed by atoms with van der Waals surface area (Å²) < 4.78 is 0. The van der Waals surface area contributed by atoms with Crippen molar-refractivity contribution in [2.24, 2.45) is 17.8 Å². The van der Waals surface area contributed by atoms with Gasteiger partial charge in [-0.25, -0.2) is 0 Å². The van der Waals surface area contributed by atoms with Crippen molar-refractivity contribution in [1.82, 2.24) is 5.32 Å². The molecule has 0 heterocycles. The van der Waals surface area contributed by atoms with Gasteiger partial charge in [0.15, 0.2) is 0 Å². The maximum atomic E-state index is 3.65. The highest BCUT2D eigenvalue weighted by atomic mass is 32.2. The lowest BCUT2D eigenvalue weighted by Crippen LogP contribution is -2.28. The summed E-state index contributed by atoms with van der Waals surface area (Å²) in [5.74, 6) is 5.44. The van der Waals surface area contributed by atoms with Gasteiger partial charge >= 0.3 is 0 Å². The van der Waals surface area contributed by atoms with Gasteiger partial charge in [-0.3, -0.25) is 0 Å². The molecule has 1 nitrogen and oxygen atoms in total. The van der Waals surface area contributed by atoms with E-state index in [1.54, 1.807) is 0 Å². The summed E-state index contributed by atoms with van der Waals surface area (Å²) in [6, 6.07) is 0. The number of nitrogens with one attached hydrogen (secondary N) is 1. The average Bonchev–Trinajstić information content (AvgIpc) is 2.72. The monoisotopic (exact) mass is 257 g/mol. The molecule has 0 aliphatic heterocycles. The fraction of sp³-hybridized carbons (Fsp3) is 1.00. The molecule has 2 atom stereocenters. The molecule has 0 aromatic rings. The average molecular weight is 257 g/mol. The molecule has 1 aliphatic rings. The van der Waals surface area contributed by atoms with Gasteiger partial charge in [-0.2, -0.15) is 11.8 Å². The molecule has 0 bridgehead atoms. The van der Waals surface area contributed by atoms with Crippen LogP contribution in [0.5, 0.6) is 0 Å². The van der Waals surface area contributed by atoms with Crippen LogP contribution in [0.1, 0.15) is 52.9 Å². The highest BCUT2D eigenvalue weighted by molar-refractivity contribution is 7.99. The van der Waals surface area contributed by atoms with E-state index in [0.717, 1.165) is 17.8 Å². The van der Waals surface area contributed by atoms with E-state index in [2.05, 4.69) is 37.8 Å². The Balaban J connectivity index is 2.10. The summed E-state index contributed by atoms with van der Waals surface area (Å²) in [5, 5.41) is 3.65. The lowest BCUT2D eigenvalue weighted by atomic mass is 9.92. The molecule has 1 aliphatic carbocycles. The molecule has 17 heavy (non-hydrogen) atoms. The Hall–Kier alpha value is 0.310. The zero-order valence-corrected chi connectivity index (χ0v) is 12.8. The van der Waals surface area contributed by atoms with Crippen LogP contribution < -0.4 is 5.32 Å². The standard InChI is InChI=1S/C15H31NS/c1-4-17-10-6-9-14-7-5-8-15(14)12-16-11-13(2)3/h13-16H,4-12H2,1-3H3. The molecular formula is C15H31NS. The third-order valence-electron chi connectivity index (χ3n) is 3.84. The van der Waals surface area contributed by atoms with Crippen LogP contribution in [-0.4, -0.2) is 24.6 Å². The van der Waals surface area contributed by atoms with Crippen molar-refractivity contribution >= 4 is 11.8 Å². The Morgan fingerprint density at radius 3 is 2.71 bits per heavy atom. The normalized spacial score (nSPS) is 24.7. The summed E-state index contributed by atoms with van der Waals surface area (Å²) in [4.78, 5) is 0. The predicted molar refractivity (Wildman–Crippen MR) is 80.8 cm³/mol. The molecule has 1 saturated carbocycles. The maximum Gasteiger partial charge on any atom is -0.00178 e. The van der Waals surface area contributed by atoms with Gasteiger partial charge in [0, 0.05) is 0 Å². The Labute approximate surface area is 113 Å². The van der Waals surface area contributed by atoms with Gasteiger partial charge in [-0.05, 0) is 61.6 Å². The Morgan fingerprint density at radius 2 is 2.00 bits per heavy atom. The molecule has 0 aromatic heterocycles. The van der Waals surface area contributed by atoms with Gasteiger partial charge in [0.2, 0.25) is 0 Å². The molecule has 0 radical (unpaired) electrons. The first kappa shape index (κ1) is 15.4. The first-order valence-corrected chi connectivity index (χ1v) is 8.68. The van der Waals surface area contributed by atoms with E-state index < -0.39 is 0 Å². The van der Waals surface area contributed by atoms with E-state index in [9.17, 15) is 0 Å². The quantitative estimate of drug-likeness (QED) is 0.622. The van der Waals surface area contributed by atoms with Crippen molar-refractivity contribution < 1.29 is 0 Å². The van der Waals surface area contributed by atoms with Crippen molar-refractivity contribution in [1.29, 1.82) is 0 Å². The number of hydrogen-bond donors (Lipinski definition) is 1. The van der Waals surface area contributed by atoms with Gasteiger partial charge in [0.1, 0.15) is 0 Å². The molecule has 0 saturated heterocycles. The summed E-state index contributed by atoms with van der Waals surface area (Å²) in [5.41, 5.74) is 0. The highest BCUT2D eigenvalue weighted by Gasteiger charge is 2.26. The van der Waals surface area contributed by atoms with Crippen LogP contribution in [0, 0.1) is 17.8 Å². The summed E-state index contributed by atoms with van der Waals surface area (Å²) in [6.45, 7) is 9.31. The fourth-order valence-corrected chi connectivity index (χ4v) is 3.57. The topological polar surface area (TPSA) is 12.0 Å². The Bertz CT molecular complexity index is 182. The van der Waals surface area contributed by atoms with Crippen LogP contribution in [0.15, 0.2) is 0 Å². The Morgan fingerprint density at radius 1 is 1.24 bits per heavy atom. The van der Waals surface area contributed by atoms with E-state index in [4.69, 9.17) is 0 Å². The van der Waals surface area contributed by atoms with E-state index in [1.165, 1.54) is 56.7 Å². The number of rotatable bonds is 9. The minimum Gasteiger partial charge on any atom is -0.316 e. The second-order valence-corrected chi connectivity index (χ2v) is 7.24. The fourth-order valence-electron chi connectivity index (χ4n) is 2.91. The van der Waals surface area contributed by atoms with Gasteiger partial charge in [-0.1, -0.05) is 33.6 Å². The second kappa shape index (κ2) is 9.27. The SMILES string of the molecule is CCSCCCC1CCCC1CNCC(C)C. The van der Waals surface area contributed by atoms with Crippen molar-refractivity contribution in [2.45, 2.75) is 52.9 Å². The highest BCUT2D eigenvalue weighted by Crippen LogP contribution is 2.34. The van der Waals surface area contributed by atoms with Crippen molar-refractivity contribution in [3.63, 3.8) is 0 Å². The molecule has 0 aromatic carbocycles. The van der Waals surface area contributed by atoms with Crippen LogP contribution in [0.4, 0.5) is 0 Å². The van der Waals surface area contributed by atoms with Crippen LogP contribution in [0.2, 0.25) is 0 Å². The van der Waals surface area contributed by atoms with Crippen molar-refractivity contribution in [2.75, 3.05) is 24.6 Å². The minimum absolute atomic E-state index is 0.788. The lowest BCUT2D eigenvalue weighted by Gasteiger charge is -2.20. The van der Waals surface area contributed by atoms with Crippen LogP contribution in [0.3, 0.4) is 0 Å². The molecule has 1 N–H and O–H groups in total. The van der Waals surface area contributed by atoms with Crippen molar-refractivity contribution in [3.8, 4) is 0 Å². The van der Waals surface area contributed by atoms with Crippen LogP contribution >= 0.6 is 11.8 Å². The first-order valence-electron chi connectivity index (χ1n) is 7.52.